The van der Waals surface area contributed by atoms with Crippen LogP contribution in [0.25, 0.3) is 0 Å². The predicted molar refractivity (Wildman–Crippen MR) is 68.1 cm³/mol. The molecule has 2 atom stereocenters. The molecule has 0 radical (unpaired) electrons. The van der Waals surface area contributed by atoms with E-state index in [1.165, 1.54) is 16.7 Å². The Balaban J connectivity index is 2.12. The standard InChI is InChI=1S/C13H17BrO2/c1-9-3-4-11(7-10(9)2)13(14)12-8-15-5-6-16-12/h3-4,7,12-13H,5-6,8H2,1-2H3. The molecule has 0 N–H and O–H groups in total. The fraction of sp³-hybridized carbons (Fsp3) is 0.538. The average Bonchev–Trinajstić information content (AvgIpc) is 2.33. The van der Waals surface area contributed by atoms with Gasteiger partial charge in [0.05, 0.1) is 30.8 Å². The summed E-state index contributed by atoms with van der Waals surface area (Å²) in [4.78, 5) is 0.215. The third-order valence-electron chi connectivity index (χ3n) is 3.02. The smallest absolute Gasteiger partial charge is 0.0975 e. The molecule has 0 bridgehead atoms. The first kappa shape index (κ1) is 12.1. The van der Waals surface area contributed by atoms with Gasteiger partial charge in [-0.15, -0.1) is 0 Å². The van der Waals surface area contributed by atoms with Crippen LogP contribution in [0, 0.1) is 13.8 Å². The third-order valence-corrected chi connectivity index (χ3v) is 4.14. The summed E-state index contributed by atoms with van der Waals surface area (Å²) in [5, 5.41) is 0. The van der Waals surface area contributed by atoms with E-state index in [-0.39, 0.29) is 10.9 Å². The van der Waals surface area contributed by atoms with E-state index in [1.54, 1.807) is 0 Å². The molecule has 1 saturated heterocycles. The van der Waals surface area contributed by atoms with Crippen LogP contribution in [0.5, 0.6) is 0 Å². The Morgan fingerprint density at radius 1 is 1.25 bits per heavy atom. The molecule has 2 rings (SSSR count). The molecule has 1 fully saturated rings. The second kappa shape index (κ2) is 5.30. The van der Waals surface area contributed by atoms with Gasteiger partial charge in [0, 0.05) is 0 Å². The Kier molecular flexibility index (Phi) is 4.00. The number of alkyl halides is 1. The lowest BCUT2D eigenvalue weighted by molar-refractivity contribution is -0.0876. The monoisotopic (exact) mass is 284 g/mol. The van der Waals surface area contributed by atoms with Gasteiger partial charge < -0.3 is 9.47 Å². The number of hydrogen-bond donors (Lipinski definition) is 0. The van der Waals surface area contributed by atoms with Crippen molar-refractivity contribution in [1.82, 2.24) is 0 Å². The maximum absolute atomic E-state index is 5.69. The van der Waals surface area contributed by atoms with Crippen molar-refractivity contribution in [2.45, 2.75) is 24.8 Å². The lowest BCUT2D eigenvalue weighted by Gasteiger charge is -2.27. The molecule has 1 aromatic rings. The summed E-state index contributed by atoms with van der Waals surface area (Å²) >= 11 is 3.70. The van der Waals surface area contributed by atoms with Crippen LogP contribution in [0.3, 0.4) is 0 Å². The zero-order valence-electron chi connectivity index (χ0n) is 9.70. The summed E-state index contributed by atoms with van der Waals surface area (Å²) < 4.78 is 11.1. The lowest BCUT2D eigenvalue weighted by Crippen LogP contribution is -2.31. The van der Waals surface area contributed by atoms with E-state index < -0.39 is 0 Å². The minimum absolute atomic E-state index is 0.121. The van der Waals surface area contributed by atoms with E-state index in [2.05, 4.69) is 48.0 Å². The average molecular weight is 285 g/mol. The minimum atomic E-state index is 0.121. The van der Waals surface area contributed by atoms with E-state index in [0.717, 1.165) is 0 Å². The van der Waals surface area contributed by atoms with E-state index in [4.69, 9.17) is 9.47 Å². The van der Waals surface area contributed by atoms with E-state index in [1.807, 2.05) is 0 Å². The Labute approximate surface area is 105 Å². The van der Waals surface area contributed by atoms with Crippen LogP contribution in [0.4, 0.5) is 0 Å². The van der Waals surface area contributed by atoms with Crippen LogP contribution < -0.4 is 0 Å². The Bertz CT molecular complexity index is 359. The molecule has 0 aliphatic carbocycles. The first-order valence-electron chi connectivity index (χ1n) is 5.59. The highest BCUT2D eigenvalue weighted by Gasteiger charge is 2.24. The fourth-order valence-electron chi connectivity index (χ4n) is 1.83. The summed E-state index contributed by atoms with van der Waals surface area (Å²) in [6, 6.07) is 6.52. The Morgan fingerprint density at radius 2 is 2.06 bits per heavy atom. The van der Waals surface area contributed by atoms with Crippen LogP contribution >= 0.6 is 15.9 Å². The number of halogens is 1. The number of benzene rings is 1. The SMILES string of the molecule is Cc1ccc(C(Br)C2COCCO2)cc1C. The predicted octanol–water partition coefficient (Wildman–Crippen LogP) is 3.15. The summed E-state index contributed by atoms with van der Waals surface area (Å²) in [7, 11) is 0. The molecule has 0 aromatic heterocycles. The number of aryl methyl sites for hydroxylation is 2. The highest BCUT2D eigenvalue weighted by Crippen LogP contribution is 2.30. The van der Waals surface area contributed by atoms with E-state index in [0.29, 0.717) is 19.8 Å². The second-order valence-corrected chi connectivity index (χ2v) is 5.22. The van der Waals surface area contributed by atoms with Crippen molar-refractivity contribution in [1.29, 1.82) is 0 Å². The minimum Gasteiger partial charge on any atom is -0.376 e. The first-order valence-corrected chi connectivity index (χ1v) is 6.50. The molecule has 1 heterocycles. The molecule has 0 spiro atoms. The molecule has 1 aliphatic heterocycles. The molecule has 0 amide bonds. The molecule has 88 valence electrons. The van der Waals surface area contributed by atoms with Crippen molar-refractivity contribution in [3.63, 3.8) is 0 Å². The van der Waals surface area contributed by atoms with Crippen molar-refractivity contribution in [3.8, 4) is 0 Å². The summed E-state index contributed by atoms with van der Waals surface area (Å²) in [6.45, 7) is 6.34. The van der Waals surface area contributed by atoms with Crippen molar-refractivity contribution >= 4 is 15.9 Å². The van der Waals surface area contributed by atoms with Gasteiger partial charge in [0.25, 0.3) is 0 Å². The second-order valence-electron chi connectivity index (χ2n) is 4.23. The van der Waals surface area contributed by atoms with Gasteiger partial charge >= 0.3 is 0 Å². The van der Waals surface area contributed by atoms with Gasteiger partial charge in [-0.25, -0.2) is 0 Å². The quantitative estimate of drug-likeness (QED) is 0.777. The van der Waals surface area contributed by atoms with Crippen molar-refractivity contribution in [3.05, 3.63) is 34.9 Å². The fourth-order valence-corrected chi connectivity index (χ4v) is 2.42. The maximum Gasteiger partial charge on any atom is 0.0975 e. The molecule has 16 heavy (non-hydrogen) atoms. The summed E-state index contributed by atoms with van der Waals surface area (Å²) in [5.41, 5.74) is 3.90. The zero-order valence-corrected chi connectivity index (χ0v) is 11.3. The molecule has 3 heteroatoms. The van der Waals surface area contributed by atoms with Crippen LogP contribution in [-0.4, -0.2) is 25.9 Å². The Hall–Kier alpha value is -0.380. The van der Waals surface area contributed by atoms with Gasteiger partial charge in [-0.05, 0) is 30.5 Å². The number of ether oxygens (including phenoxy) is 2. The van der Waals surface area contributed by atoms with Crippen molar-refractivity contribution < 1.29 is 9.47 Å². The van der Waals surface area contributed by atoms with Gasteiger partial charge in [0.2, 0.25) is 0 Å². The van der Waals surface area contributed by atoms with Gasteiger partial charge in [0.15, 0.2) is 0 Å². The summed E-state index contributed by atoms with van der Waals surface area (Å²) in [6.07, 6.45) is 0.121. The van der Waals surface area contributed by atoms with Crippen LogP contribution in [-0.2, 0) is 9.47 Å². The normalized spacial score (nSPS) is 23.1. The molecular formula is C13H17BrO2. The topological polar surface area (TPSA) is 18.5 Å². The van der Waals surface area contributed by atoms with Crippen LogP contribution in [0.2, 0.25) is 0 Å². The van der Waals surface area contributed by atoms with E-state index in [9.17, 15) is 0 Å². The molecule has 2 unspecified atom stereocenters. The Morgan fingerprint density at radius 3 is 2.69 bits per heavy atom. The first-order chi connectivity index (χ1) is 7.68. The van der Waals surface area contributed by atoms with Crippen LogP contribution in [0.15, 0.2) is 18.2 Å². The molecule has 1 aliphatic rings. The zero-order chi connectivity index (χ0) is 11.5. The van der Waals surface area contributed by atoms with Gasteiger partial charge in [-0.1, -0.05) is 34.1 Å². The summed E-state index contributed by atoms with van der Waals surface area (Å²) in [5.74, 6) is 0. The molecule has 2 nitrogen and oxygen atoms in total. The third kappa shape index (κ3) is 2.65. The van der Waals surface area contributed by atoms with Crippen molar-refractivity contribution in [2.24, 2.45) is 0 Å². The number of hydrogen-bond acceptors (Lipinski definition) is 2. The highest BCUT2D eigenvalue weighted by atomic mass is 79.9. The number of rotatable bonds is 2. The van der Waals surface area contributed by atoms with Gasteiger partial charge in [0.1, 0.15) is 0 Å². The van der Waals surface area contributed by atoms with Gasteiger partial charge in [-0.3, -0.25) is 0 Å². The largest absolute Gasteiger partial charge is 0.376 e. The molecule has 1 aromatic carbocycles. The molecule has 0 saturated carbocycles. The molecular weight excluding hydrogens is 268 g/mol. The maximum atomic E-state index is 5.69. The van der Waals surface area contributed by atoms with Crippen molar-refractivity contribution in [2.75, 3.05) is 19.8 Å². The van der Waals surface area contributed by atoms with E-state index >= 15 is 0 Å². The van der Waals surface area contributed by atoms with Crippen LogP contribution in [0.1, 0.15) is 21.5 Å². The highest BCUT2D eigenvalue weighted by molar-refractivity contribution is 9.09. The lowest BCUT2D eigenvalue weighted by atomic mass is 10.0. The van der Waals surface area contributed by atoms with Gasteiger partial charge in [-0.2, -0.15) is 0 Å².